The van der Waals surface area contributed by atoms with E-state index in [9.17, 15) is 9.59 Å². The molecule has 1 aromatic heterocycles. The van der Waals surface area contributed by atoms with Crippen LogP contribution in [0.4, 0.5) is 5.13 Å². The van der Waals surface area contributed by atoms with Crippen LogP contribution >= 0.6 is 11.3 Å². The Labute approximate surface area is 155 Å². The molecule has 1 N–H and O–H groups in total. The predicted molar refractivity (Wildman–Crippen MR) is 103 cm³/mol. The molecule has 0 radical (unpaired) electrons. The lowest BCUT2D eigenvalue weighted by molar-refractivity contribution is -0.136. The second-order valence-corrected chi connectivity index (χ2v) is 8.17. The molecular weight excluding hydrogens is 334 g/mol. The molecule has 5 nitrogen and oxygen atoms in total. The Kier molecular flexibility index (Phi) is 7.41. The third-order valence-electron chi connectivity index (χ3n) is 5.54. The van der Waals surface area contributed by atoms with Crippen molar-refractivity contribution in [3.63, 3.8) is 0 Å². The van der Waals surface area contributed by atoms with E-state index in [0.717, 1.165) is 38.5 Å². The maximum Gasteiger partial charge on any atom is 0.226 e. The van der Waals surface area contributed by atoms with Crippen molar-refractivity contribution in [3.05, 3.63) is 11.6 Å². The second-order valence-electron chi connectivity index (χ2n) is 7.27. The van der Waals surface area contributed by atoms with Gasteiger partial charge >= 0.3 is 0 Å². The Morgan fingerprint density at radius 2 is 1.92 bits per heavy atom. The van der Waals surface area contributed by atoms with Crippen molar-refractivity contribution >= 4 is 28.3 Å². The van der Waals surface area contributed by atoms with Gasteiger partial charge in [0, 0.05) is 37.5 Å². The summed E-state index contributed by atoms with van der Waals surface area (Å²) >= 11 is 1.42. The van der Waals surface area contributed by atoms with Gasteiger partial charge in [0.15, 0.2) is 5.13 Å². The van der Waals surface area contributed by atoms with Crippen LogP contribution in [0.3, 0.4) is 0 Å². The zero-order chi connectivity index (χ0) is 18.3. The smallest absolute Gasteiger partial charge is 0.226 e. The van der Waals surface area contributed by atoms with Crippen molar-refractivity contribution in [3.8, 4) is 0 Å². The molecule has 2 amide bonds. The number of thiazole rings is 1. The molecule has 0 saturated heterocycles. The van der Waals surface area contributed by atoms with Crippen LogP contribution in [0.25, 0.3) is 0 Å². The zero-order valence-electron chi connectivity index (χ0n) is 15.7. The fourth-order valence-electron chi connectivity index (χ4n) is 3.99. The average Bonchev–Trinajstić information content (AvgIpc) is 3.09. The number of hydrogen-bond donors (Lipinski definition) is 1. The maximum absolute atomic E-state index is 12.9. The van der Waals surface area contributed by atoms with Crippen LogP contribution in [0.2, 0.25) is 0 Å². The van der Waals surface area contributed by atoms with Crippen molar-refractivity contribution in [2.75, 3.05) is 12.4 Å². The normalized spacial score (nSPS) is 16.6. The summed E-state index contributed by atoms with van der Waals surface area (Å²) < 4.78 is 0. The molecule has 2 rings (SSSR count). The highest BCUT2D eigenvalue weighted by Gasteiger charge is 2.37. The first-order chi connectivity index (χ1) is 12.0. The molecule has 1 heterocycles. The average molecular weight is 366 g/mol. The van der Waals surface area contributed by atoms with Crippen molar-refractivity contribution in [2.45, 2.75) is 77.7 Å². The fraction of sp³-hybridized carbons (Fsp3) is 0.737. The van der Waals surface area contributed by atoms with E-state index in [1.165, 1.54) is 17.8 Å². The molecule has 6 heteroatoms. The standard InChI is InChI=1S/C19H31N3O2S/c1-4-15(5-2)22(3)17(24)14-19(9-7-6-8-10-19)13-16(23)21-18-20-11-12-25-18/h11-12,15H,4-10,13-14H2,1-3H3,(H,20,21,23). The quantitative estimate of drug-likeness (QED) is 0.740. The molecule has 0 aromatic carbocycles. The minimum Gasteiger partial charge on any atom is -0.343 e. The molecule has 140 valence electrons. The van der Waals surface area contributed by atoms with Crippen molar-refractivity contribution in [1.82, 2.24) is 9.88 Å². The van der Waals surface area contributed by atoms with Crippen LogP contribution < -0.4 is 5.32 Å². The Balaban J connectivity index is 2.03. The van der Waals surface area contributed by atoms with Gasteiger partial charge in [0.1, 0.15) is 0 Å². The number of carbonyl (C=O) groups is 2. The summed E-state index contributed by atoms with van der Waals surface area (Å²) in [6.45, 7) is 4.24. The van der Waals surface area contributed by atoms with Crippen LogP contribution in [-0.4, -0.2) is 34.8 Å². The number of nitrogens with zero attached hydrogens (tertiary/aromatic N) is 2. The summed E-state index contributed by atoms with van der Waals surface area (Å²) in [5, 5.41) is 5.37. The van der Waals surface area contributed by atoms with Gasteiger partial charge in [-0.3, -0.25) is 9.59 Å². The molecule has 0 aliphatic heterocycles. The summed E-state index contributed by atoms with van der Waals surface area (Å²) in [7, 11) is 1.91. The van der Waals surface area contributed by atoms with Crippen molar-refractivity contribution < 1.29 is 9.59 Å². The van der Waals surface area contributed by atoms with E-state index >= 15 is 0 Å². The fourth-order valence-corrected chi connectivity index (χ4v) is 4.54. The third-order valence-corrected chi connectivity index (χ3v) is 6.23. The SMILES string of the molecule is CCC(CC)N(C)C(=O)CC1(CC(=O)Nc2nccs2)CCCCC1. The Hall–Kier alpha value is -1.43. The molecule has 0 spiro atoms. The first kappa shape index (κ1) is 19.9. The van der Waals surface area contributed by atoms with E-state index in [1.54, 1.807) is 6.20 Å². The third kappa shape index (κ3) is 5.53. The molecule has 1 aliphatic rings. The summed E-state index contributed by atoms with van der Waals surface area (Å²) in [6.07, 6.45) is 9.84. The molecule has 0 unspecified atom stereocenters. The van der Waals surface area contributed by atoms with Gasteiger partial charge in [-0.05, 0) is 31.1 Å². The van der Waals surface area contributed by atoms with Gasteiger partial charge in [0.25, 0.3) is 0 Å². The van der Waals surface area contributed by atoms with Crippen molar-refractivity contribution in [1.29, 1.82) is 0 Å². The molecule has 25 heavy (non-hydrogen) atoms. The van der Waals surface area contributed by atoms with Gasteiger partial charge in [-0.15, -0.1) is 11.3 Å². The lowest BCUT2D eigenvalue weighted by Crippen LogP contribution is -2.41. The topological polar surface area (TPSA) is 62.3 Å². The highest BCUT2D eigenvalue weighted by atomic mass is 32.1. The van der Waals surface area contributed by atoms with E-state index in [0.29, 0.717) is 18.0 Å². The summed E-state index contributed by atoms with van der Waals surface area (Å²) in [5.74, 6) is 0.160. The van der Waals surface area contributed by atoms with E-state index in [1.807, 2.05) is 17.3 Å². The van der Waals surface area contributed by atoms with E-state index in [2.05, 4.69) is 24.1 Å². The number of aromatic nitrogens is 1. The van der Waals surface area contributed by atoms with Gasteiger partial charge in [-0.25, -0.2) is 4.98 Å². The summed E-state index contributed by atoms with van der Waals surface area (Å²) in [6, 6.07) is 0.289. The van der Waals surface area contributed by atoms with Gasteiger partial charge < -0.3 is 10.2 Å². The molecule has 1 fully saturated rings. The van der Waals surface area contributed by atoms with E-state index in [-0.39, 0.29) is 23.3 Å². The van der Waals surface area contributed by atoms with Crippen LogP contribution in [0.15, 0.2) is 11.6 Å². The van der Waals surface area contributed by atoms with Crippen LogP contribution in [0.1, 0.15) is 71.6 Å². The van der Waals surface area contributed by atoms with E-state index < -0.39 is 0 Å². The monoisotopic (exact) mass is 365 g/mol. The zero-order valence-corrected chi connectivity index (χ0v) is 16.5. The predicted octanol–water partition coefficient (Wildman–Crippen LogP) is 4.46. The number of anilines is 1. The molecule has 1 aliphatic carbocycles. The highest BCUT2D eigenvalue weighted by molar-refractivity contribution is 7.13. The highest BCUT2D eigenvalue weighted by Crippen LogP contribution is 2.43. The Morgan fingerprint density at radius 1 is 1.24 bits per heavy atom. The number of carbonyl (C=O) groups excluding carboxylic acids is 2. The Morgan fingerprint density at radius 3 is 2.48 bits per heavy atom. The van der Waals surface area contributed by atoms with Gasteiger partial charge in [-0.1, -0.05) is 33.1 Å². The van der Waals surface area contributed by atoms with E-state index in [4.69, 9.17) is 0 Å². The largest absolute Gasteiger partial charge is 0.343 e. The lowest BCUT2D eigenvalue weighted by atomic mass is 9.69. The summed E-state index contributed by atoms with van der Waals surface area (Å²) in [4.78, 5) is 31.4. The number of hydrogen-bond acceptors (Lipinski definition) is 4. The Bertz CT molecular complexity index is 549. The second kappa shape index (κ2) is 9.32. The molecule has 1 aromatic rings. The number of amides is 2. The van der Waals surface area contributed by atoms with Gasteiger partial charge in [0.2, 0.25) is 11.8 Å². The summed E-state index contributed by atoms with van der Waals surface area (Å²) in [5.41, 5.74) is -0.197. The molecule has 1 saturated carbocycles. The molecule has 0 atom stereocenters. The maximum atomic E-state index is 12.9. The first-order valence-corrected chi connectivity index (χ1v) is 10.3. The minimum absolute atomic E-state index is 0.0187. The van der Waals surface area contributed by atoms with Gasteiger partial charge in [-0.2, -0.15) is 0 Å². The number of nitrogens with one attached hydrogen (secondary N) is 1. The van der Waals surface area contributed by atoms with Crippen LogP contribution in [-0.2, 0) is 9.59 Å². The van der Waals surface area contributed by atoms with Crippen LogP contribution in [0, 0.1) is 5.41 Å². The number of rotatable bonds is 8. The van der Waals surface area contributed by atoms with Gasteiger partial charge in [0.05, 0.1) is 0 Å². The lowest BCUT2D eigenvalue weighted by Gasteiger charge is -2.38. The minimum atomic E-state index is -0.197. The first-order valence-electron chi connectivity index (χ1n) is 9.44. The molecular formula is C19H31N3O2S. The van der Waals surface area contributed by atoms with Crippen LogP contribution in [0.5, 0.6) is 0 Å². The van der Waals surface area contributed by atoms with Crippen molar-refractivity contribution in [2.24, 2.45) is 5.41 Å². The molecule has 0 bridgehead atoms.